The molecule has 0 saturated carbocycles. The zero-order valence-electron chi connectivity index (χ0n) is 8.35. The van der Waals surface area contributed by atoms with E-state index in [0.29, 0.717) is 11.7 Å². The molecule has 84 valence electrons. The standard InChI is InChI=1S/C8H16F2N2OS/c1-3-6(2)4-14-5-8(9,10)7(13)12-11/h6H,3-5,11H2,1-2H3,(H,12,13). The van der Waals surface area contributed by atoms with Crippen molar-refractivity contribution in [3.63, 3.8) is 0 Å². The first-order chi connectivity index (χ1) is 6.44. The lowest BCUT2D eigenvalue weighted by atomic mass is 10.2. The molecule has 0 saturated heterocycles. The third-order valence-electron chi connectivity index (χ3n) is 1.85. The van der Waals surface area contributed by atoms with Crippen molar-refractivity contribution in [1.82, 2.24) is 5.43 Å². The van der Waals surface area contributed by atoms with Crippen LogP contribution in [0.2, 0.25) is 0 Å². The van der Waals surface area contributed by atoms with E-state index in [1.165, 1.54) is 5.43 Å². The number of hydrogen-bond acceptors (Lipinski definition) is 3. The second kappa shape index (κ2) is 6.19. The molecule has 3 nitrogen and oxygen atoms in total. The van der Waals surface area contributed by atoms with Crippen LogP contribution in [-0.2, 0) is 4.79 Å². The van der Waals surface area contributed by atoms with Crippen molar-refractivity contribution in [3.05, 3.63) is 0 Å². The van der Waals surface area contributed by atoms with Crippen LogP contribution in [0.4, 0.5) is 8.78 Å². The topological polar surface area (TPSA) is 55.1 Å². The zero-order valence-corrected chi connectivity index (χ0v) is 9.16. The van der Waals surface area contributed by atoms with E-state index in [1.54, 1.807) is 0 Å². The van der Waals surface area contributed by atoms with E-state index >= 15 is 0 Å². The van der Waals surface area contributed by atoms with Gasteiger partial charge in [0.15, 0.2) is 0 Å². The highest BCUT2D eigenvalue weighted by molar-refractivity contribution is 7.99. The molecule has 0 aliphatic heterocycles. The number of halogens is 2. The summed E-state index contributed by atoms with van der Waals surface area (Å²) in [5.41, 5.74) is 1.46. The Morgan fingerprint density at radius 3 is 2.64 bits per heavy atom. The normalized spacial score (nSPS) is 13.8. The summed E-state index contributed by atoms with van der Waals surface area (Å²) in [4.78, 5) is 10.6. The van der Waals surface area contributed by atoms with Crippen LogP contribution in [-0.4, -0.2) is 23.3 Å². The zero-order chi connectivity index (χ0) is 11.2. The fourth-order valence-corrected chi connectivity index (χ4v) is 1.82. The lowest BCUT2D eigenvalue weighted by Crippen LogP contribution is -2.45. The molecule has 0 heterocycles. The fraction of sp³-hybridized carbons (Fsp3) is 0.875. The Labute approximate surface area is 86.8 Å². The molecular weight excluding hydrogens is 210 g/mol. The molecule has 0 fully saturated rings. The van der Waals surface area contributed by atoms with Gasteiger partial charge in [0, 0.05) is 0 Å². The molecule has 0 rings (SSSR count). The molecular formula is C8H16F2N2OS. The number of nitrogens with two attached hydrogens (primary N) is 1. The van der Waals surface area contributed by atoms with Gasteiger partial charge in [-0.3, -0.25) is 10.2 Å². The number of hydrogen-bond donors (Lipinski definition) is 2. The maximum absolute atomic E-state index is 12.9. The maximum Gasteiger partial charge on any atom is 0.334 e. The number of rotatable bonds is 6. The third-order valence-corrected chi connectivity index (χ3v) is 3.22. The van der Waals surface area contributed by atoms with Gasteiger partial charge >= 0.3 is 11.8 Å². The molecule has 1 unspecified atom stereocenters. The predicted molar refractivity (Wildman–Crippen MR) is 54.1 cm³/mol. The number of amides is 1. The minimum absolute atomic E-state index is 0.386. The molecule has 1 amide bonds. The van der Waals surface area contributed by atoms with E-state index in [0.717, 1.165) is 18.2 Å². The summed E-state index contributed by atoms with van der Waals surface area (Å²) >= 11 is 1.07. The van der Waals surface area contributed by atoms with Gasteiger partial charge < -0.3 is 0 Å². The Bertz CT molecular complexity index is 190. The van der Waals surface area contributed by atoms with Gasteiger partial charge in [0.05, 0.1) is 5.75 Å². The number of carbonyl (C=O) groups is 1. The first kappa shape index (κ1) is 13.6. The predicted octanol–water partition coefficient (Wildman–Crippen LogP) is 1.39. The molecule has 0 spiro atoms. The molecule has 0 aromatic rings. The van der Waals surface area contributed by atoms with Crippen molar-refractivity contribution in [2.45, 2.75) is 26.2 Å². The summed E-state index contributed by atoms with van der Waals surface area (Å²) in [5.74, 6) is 0.338. The van der Waals surface area contributed by atoms with Crippen LogP contribution in [0.25, 0.3) is 0 Å². The SMILES string of the molecule is CCC(C)CSCC(F)(F)C(=O)NN. The molecule has 14 heavy (non-hydrogen) atoms. The summed E-state index contributed by atoms with van der Waals surface area (Å²) in [6, 6.07) is 0. The lowest BCUT2D eigenvalue weighted by Gasteiger charge is -2.14. The van der Waals surface area contributed by atoms with E-state index in [2.05, 4.69) is 5.84 Å². The Morgan fingerprint density at radius 2 is 2.21 bits per heavy atom. The molecule has 6 heteroatoms. The van der Waals surface area contributed by atoms with Gasteiger partial charge in [0.2, 0.25) is 0 Å². The monoisotopic (exact) mass is 226 g/mol. The van der Waals surface area contributed by atoms with Gasteiger partial charge in [-0.25, -0.2) is 5.84 Å². The number of hydrazine groups is 1. The van der Waals surface area contributed by atoms with Crippen LogP contribution in [0.3, 0.4) is 0 Å². The van der Waals surface area contributed by atoms with E-state index in [-0.39, 0.29) is 0 Å². The Balaban J connectivity index is 3.82. The van der Waals surface area contributed by atoms with E-state index in [9.17, 15) is 13.6 Å². The smallest absolute Gasteiger partial charge is 0.289 e. The molecule has 0 aromatic carbocycles. The van der Waals surface area contributed by atoms with E-state index in [4.69, 9.17) is 0 Å². The first-order valence-electron chi connectivity index (χ1n) is 4.40. The fourth-order valence-electron chi connectivity index (χ4n) is 0.677. The largest absolute Gasteiger partial charge is 0.334 e. The highest BCUT2D eigenvalue weighted by Gasteiger charge is 2.37. The van der Waals surface area contributed by atoms with Gasteiger partial charge in [-0.15, -0.1) is 0 Å². The van der Waals surface area contributed by atoms with Crippen molar-refractivity contribution >= 4 is 17.7 Å². The quantitative estimate of drug-likeness (QED) is 0.409. The van der Waals surface area contributed by atoms with Crippen LogP contribution < -0.4 is 11.3 Å². The van der Waals surface area contributed by atoms with Gasteiger partial charge in [-0.2, -0.15) is 20.5 Å². The van der Waals surface area contributed by atoms with Crippen molar-refractivity contribution < 1.29 is 13.6 Å². The summed E-state index contributed by atoms with van der Waals surface area (Å²) in [7, 11) is 0. The Hall–Kier alpha value is -0.360. The number of thioether (sulfide) groups is 1. The lowest BCUT2D eigenvalue weighted by molar-refractivity contribution is -0.142. The number of nitrogens with one attached hydrogen (secondary N) is 1. The van der Waals surface area contributed by atoms with Gasteiger partial charge in [0.25, 0.3) is 0 Å². The Kier molecular flexibility index (Phi) is 6.03. The highest BCUT2D eigenvalue weighted by Crippen LogP contribution is 2.22. The van der Waals surface area contributed by atoms with E-state index in [1.807, 2.05) is 13.8 Å². The molecule has 0 aromatic heterocycles. The average molecular weight is 226 g/mol. The number of carbonyl (C=O) groups excluding carboxylic acids is 1. The van der Waals surface area contributed by atoms with Crippen molar-refractivity contribution in [2.75, 3.05) is 11.5 Å². The molecule has 3 N–H and O–H groups in total. The highest BCUT2D eigenvalue weighted by atomic mass is 32.2. The second-order valence-electron chi connectivity index (χ2n) is 3.21. The van der Waals surface area contributed by atoms with Crippen LogP contribution in [0, 0.1) is 5.92 Å². The molecule has 0 aliphatic rings. The van der Waals surface area contributed by atoms with Crippen LogP contribution >= 0.6 is 11.8 Å². The van der Waals surface area contributed by atoms with Gasteiger partial charge in [0.1, 0.15) is 0 Å². The van der Waals surface area contributed by atoms with Crippen molar-refractivity contribution in [2.24, 2.45) is 11.8 Å². The van der Waals surface area contributed by atoms with Crippen LogP contribution in [0.5, 0.6) is 0 Å². The van der Waals surface area contributed by atoms with Crippen molar-refractivity contribution in [3.8, 4) is 0 Å². The van der Waals surface area contributed by atoms with Gasteiger partial charge in [-0.05, 0) is 11.7 Å². The summed E-state index contributed by atoms with van der Waals surface area (Å²) in [5, 5.41) is 0. The number of alkyl halides is 2. The minimum Gasteiger partial charge on any atom is -0.289 e. The van der Waals surface area contributed by atoms with Crippen LogP contribution in [0.1, 0.15) is 20.3 Å². The van der Waals surface area contributed by atoms with Crippen LogP contribution in [0.15, 0.2) is 0 Å². The van der Waals surface area contributed by atoms with Crippen molar-refractivity contribution in [1.29, 1.82) is 0 Å². The molecule has 0 bridgehead atoms. The molecule has 1 atom stereocenters. The molecule has 0 radical (unpaired) electrons. The Morgan fingerprint density at radius 1 is 1.64 bits per heavy atom. The summed E-state index contributed by atoms with van der Waals surface area (Å²) in [6.45, 7) is 3.98. The third kappa shape index (κ3) is 4.76. The van der Waals surface area contributed by atoms with E-state index < -0.39 is 17.6 Å². The second-order valence-corrected chi connectivity index (χ2v) is 4.24. The van der Waals surface area contributed by atoms with Gasteiger partial charge in [-0.1, -0.05) is 20.3 Å². The summed E-state index contributed by atoms with van der Waals surface area (Å²) in [6.07, 6.45) is 0.946. The first-order valence-corrected chi connectivity index (χ1v) is 5.56. The molecule has 0 aliphatic carbocycles. The average Bonchev–Trinajstić information content (AvgIpc) is 2.15. The maximum atomic E-state index is 12.9. The minimum atomic E-state index is -3.37. The summed E-state index contributed by atoms with van der Waals surface area (Å²) < 4.78 is 25.7.